The van der Waals surface area contributed by atoms with Crippen molar-refractivity contribution in [2.24, 2.45) is 23.7 Å². The fourth-order valence-electron chi connectivity index (χ4n) is 3.65. The molecule has 2 aromatic carbocycles. The molecule has 2 N–H and O–H groups in total. The lowest BCUT2D eigenvalue weighted by Crippen LogP contribution is -2.26. The first-order valence-electron chi connectivity index (χ1n) is 13.9. The van der Waals surface area contributed by atoms with Crippen molar-refractivity contribution in [2.45, 2.75) is 81.4 Å². The number of aliphatic carboxylic acids is 1. The predicted molar refractivity (Wildman–Crippen MR) is 167 cm³/mol. The molecule has 0 aliphatic rings. The van der Waals surface area contributed by atoms with Crippen LogP contribution in [0, 0.1) is 23.7 Å². The number of hydrogen-bond donors (Lipinski definition) is 2. The third kappa shape index (κ3) is 18.4. The third-order valence-corrected chi connectivity index (χ3v) is 6.28. The van der Waals surface area contributed by atoms with Crippen molar-refractivity contribution < 1.29 is 43.6 Å². The maximum absolute atomic E-state index is 12.1. The molecule has 0 aromatic heterocycles. The molecule has 0 aliphatic heterocycles. The second kappa shape index (κ2) is 23.8. The van der Waals surface area contributed by atoms with Gasteiger partial charge < -0.3 is 24.4 Å². The summed E-state index contributed by atoms with van der Waals surface area (Å²) in [5, 5.41) is 17.7. The van der Waals surface area contributed by atoms with Gasteiger partial charge in [-0.2, -0.15) is 0 Å². The molecule has 9 heteroatoms. The highest BCUT2D eigenvalue weighted by molar-refractivity contribution is 5.80. The third-order valence-electron chi connectivity index (χ3n) is 6.28. The van der Waals surface area contributed by atoms with E-state index in [1.165, 1.54) is 0 Å². The Morgan fingerprint density at radius 3 is 1.44 bits per heavy atom. The highest BCUT2D eigenvalue weighted by atomic mass is 16.5. The Morgan fingerprint density at radius 2 is 1.07 bits per heavy atom. The Labute approximate surface area is 257 Å². The van der Waals surface area contributed by atoms with Crippen molar-refractivity contribution in [2.75, 3.05) is 13.2 Å². The Kier molecular flexibility index (Phi) is 22.9. The normalized spacial score (nSPS) is 11.5. The number of esters is 3. The minimum Gasteiger partial charge on any atom is -0.481 e. The van der Waals surface area contributed by atoms with Crippen LogP contribution in [-0.2, 0) is 46.6 Å². The minimum absolute atomic E-state index is 0. The van der Waals surface area contributed by atoms with E-state index in [1.54, 1.807) is 13.8 Å². The number of carbonyl (C=O) groups is 4. The van der Waals surface area contributed by atoms with Gasteiger partial charge in [-0.15, -0.1) is 0 Å². The van der Waals surface area contributed by atoms with E-state index in [0.29, 0.717) is 12.8 Å². The Hall–Kier alpha value is -3.72. The van der Waals surface area contributed by atoms with Gasteiger partial charge in [0.05, 0.1) is 31.3 Å². The Bertz CT molecular complexity index is 1040. The topological polar surface area (TPSA) is 136 Å². The van der Waals surface area contributed by atoms with Crippen LogP contribution in [0.1, 0.15) is 79.4 Å². The number of aliphatic hydroxyl groups excluding tert-OH is 1. The molecular weight excluding hydrogens is 552 g/mol. The van der Waals surface area contributed by atoms with Gasteiger partial charge in [0, 0.05) is 6.61 Å². The maximum atomic E-state index is 12.1. The van der Waals surface area contributed by atoms with Crippen LogP contribution in [0.15, 0.2) is 60.7 Å². The number of carbonyl (C=O) groups excluding carboxylic acids is 3. The van der Waals surface area contributed by atoms with Crippen LogP contribution < -0.4 is 0 Å². The van der Waals surface area contributed by atoms with E-state index in [0.717, 1.165) is 11.1 Å². The number of carboxylic acid groups (broad SMARTS) is 1. The molecular formula is C34H52O9. The first-order valence-corrected chi connectivity index (χ1v) is 13.9. The van der Waals surface area contributed by atoms with E-state index < -0.39 is 29.7 Å². The fourth-order valence-corrected chi connectivity index (χ4v) is 3.65. The number of rotatable bonds is 16. The summed E-state index contributed by atoms with van der Waals surface area (Å²) >= 11 is 0. The second-order valence-electron chi connectivity index (χ2n) is 10.3. The molecule has 242 valence electrons. The molecule has 0 spiro atoms. The van der Waals surface area contributed by atoms with Crippen molar-refractivity contribution in [3.8, 4) is 0 Å². The van der Waals surface area contributed by atoms with Gasteiger partial charge in [0.1, 0.15) is 13.2 Å². The number of carboxylic acids is 1. The van der Waals surface area contributed by atoms with E-state index in [9.17, 15) is 19.2 Å². The smallest absolute Gasteiger partial charge is 0.309 e. The summed E-state index contributed by atoms with van der Waals surface area (Å²) in [4.78, 5) is 46.5. The second-order valence-corrected chi connectivity index (χ2v) is 10.3. The fraction of sp³-hybridized carbons (Fsp3) is 0.529. The molecule has 0 unspecified atom stereocenters. The van der Waals surface area contributed by atoms with E-state index in [2.05, 4.69) is 0 Å². The van der Waals surface area contributed by atoms with E-state index in [4.69, 9.17) is 24.4 Å². The predicted octanol–water partition coefficient (Wildman–Crippen LogP) is 6.46. The molecule has 0 bridgehead atoms. The van der Waals surface area contributed by atoms with Crippen LogP contribution in [-0.4, -0.2) is 47.3 Å². The van der Waals surface area contributed by atoms with Crippen molar-refractivity contribution in [3.05, 3.63) is 71.8 Å². The summed E-state index contributed by atoms with van der Waals surface area (Å²) in [6.45, 7) is 8.06. The Balaban J connectivity index is 0. The van der Waals surface area contributed by atoms with Gasteiger partial charge in [-0.3, -0.25) is 19.2 Å². The van der Waals surface area contributed by atoms with Crippen molar-refractivity contribution in [1.82, 2.24) is 0 Å². The number of aliphatic hydroxyl groups is 1. The van der Waals surface area contributed by atoms with Crippen LogP contribution in [0.5, 0.6) is 0 Å². The summed E-state index contributed by atoms with van der Waals surface area (Å²) in [5.74, 6) is -3.51. The summed E-state index contributed by atoms with van der Waals surface area (Å²) in [6.07, 6.45) is 1.15. The van der Waals surface area contributed by atoms with E-state index in [1.807, 2.05) is 74.5 Å². The molecule has 2 aromatic rings. The molecule has 0 amide bonds. The van der Waals surface area contributed by atoms with Gasteiger partial charge in [-0.05, 0) is 35.8 Å². The van der Waals surface area contributed by atoms with Crippen LogP contribution in [0.4, 0.5) is 0 Å². The average Bonchev–Trinajstić information content (AvgIpc) is 2.95. The average molecular weight is 605 g/mol. The zero-order valence-electron chi connectivity index (χ0n) is 24.5. The zero-order valence-corrected chi connectivity index (χ0v) is 24.5. The lowest BCUT2D eigenvalue weighted by atomic mass is 9.93. The van der Waals surface area contributed by atoms with Gasteiger partial charge in [0.15, 0.2) is 0 Å². The lowest BCUT2D eigenvalue weighted by molar-refractivity contribution is -0.157. The summed E-state index contributed by atoms with van der Waals surface area (Å²) in [6, 6.07) is 18.7. The van der Waals surface area contributed by atoms with Gasteiger partial charge in [0.2, 0.25) is 0 Å². The molecule has 43 heavy (non-hydrogen) atoms. The molecule has 0 saturated carbocycles. The highest BCUT2D eigenvalue weighted by Gasteiger charge is 2.27. The highest BCUT2D eigenvalue weighted by Crippen LogP contribution is 2.19. The van der Waals surface area contributed by atoms with Crippen LogP contribution in [0.3, 0.4) is 0 Å². The number of benzene rings is 2. The molecule has 0 aliphatic carbocycles. The quantitative estimate of drug-likeness (QED) is 0.126. The molecule has 9 nitrogen and oxygen atoms in total. The number of ether oxygens (including phenoxy) is 3. The summed E-state index contributed by atoms with van der Waals surface area (Å²) in [5.41, 5.74) is 1.80. The van der Waals surface area contributed by atoms with Crippen molar-refractivity contribution in [1.29, 1.82) is 0 Å². The lowest BCUT2D eigenvalue weighted by Gasteiger charge is -2.18. The van der Waals surface area contributed by atoms with Crippen molar-refractivity contribution >= 4 is 23.9 Å². The summed E-state index contributed by atoms with van der Waals surface area (Å²) < 4.78 is 15.5. The molecule has 0 heterocycles. The first kappa shape index (κ1) is 41.4. The molecule has 2 atom stereocenters. The van der Waals surface area contributed by atoms with Crippen LogP contribution in [0.2, 0.25) is 0 Å². The number of unbranched alkanes of at least 4 members (excludes halogenated alkanes) is 1. The number of hydrogen-bond acceptors (Lipinski definition) is 8. The largest absolute Gasteiger partial charge is 0.481 e. The van der Waals surface area contributed by atoms with Gasteiger partial charge >= 0.3 is 23.9 Å². The molecule has 0 saturated heterocycles. The monoisotopic (exact) mass is 604 g/mol. The Morgan fingerprint density at radius 1 is 0.651 bits per heavy atom. The molecule has 2 rings (SSSR count). The standard InChI is InChI=1S/C18H26O5.C14H18O4.2CH4/c1-14(2)16(18(21)22-11-7-6-10-19)12-17(20)23-13-15-8-4-3-5-9-15;1-10(2)12(14(16)17)8-13(15)18-9-11-6-4-3-5-7-11;;/h3-5,8-9,14,16,19H,6-7,10-13H2,1-2H3;3-7,10,12H,8-9H2,1-2H3,(H,16,17);2*1H4/t16-;12-;;/m00../s1. The molecule has 0 radical (unpaired) electrons. The van der Waals surface area contributed by atoms with Gasteiger partial charge in [-0.25, -0.2) is 0 Å². The van der Waals surface area contributed by atoms with Crippen LogP contribution >= 0.6 is 0 Å². The minimum atomic E-state index is -0.957. The zero-order chi connectivity index (χ0) is 30.6. The summed E-state index contributed by atoms with van der Waals surface area (Å²) in [7, 11) is 0. The SMILES string of the molecule is C.C.CC(C)[C@H](CC(=O)OCc1ccccc1)C(=O)O.CC(C)[C@H](CC(=O)OCc1ccccc1)C(=O)OCCCCO. The van der Waals surface area contributed by atoms with Gasteiger partial charge in [-0.1, -0.05) is 103 Å². The van der Waals surface area contributed by atoms with Gasteiger partial charge in [0.25, 0.3) is 0 Å². The van der Waals surface area contributed by atoms with Crippen molar-refractivity contribution in [3.63, 3.8) is 0 Å². The molecule has 0 fully saturated rings. The first-order chi connectivity index (χ1) is 19.5. The maximum Gasteiger partial charge on any atom is 0.309 e. The van der Waals surface area contributed by atoms with E-state index >= 15 is 0 Å². The van der Waals surface area contributed by atoms with E-state index in [-0.39, 0.29) is 71.9 Å². The van der Waals surface area contributed by atoms with Crippen LogP contribution in [0.25, 0.3) is 0 Å².